The molecule has 0 spiro atoms. The summed E-state index contributed by atoms with van der Waals surface area (Å²) in [4.78, 5) is 34.1. The second-order valence-electron chi connectivity index (χ2n) is 4.50. The third kappa shape index (κ3) is 4.01. The lowest BCUT2D eigenvalue weighted by Crippen LogP contribution is -2.29. The number of esters is 2. The van der Waals surface area contributed by atoms with E-state index in [0.29, 0.717) is 5.56 Å². The Labute approximate surface area is 126 Å². The highest BCUT2D eigenvalue weighted by molar-refractivity contribution is 8.01. The molecule has 1 N–H and O–H groups in total. The van der Waals surface area contributed by atoms with E-state index in [0.717, 1.165) is 11.8 Å². The lowest BCUT2D eigenvalue weighted by atomic mass is 10.0. The van der Waals surface area contributed by atoms with Crippen LogP contribution < -0.4 is 0 Å². The second-order valence-corrected chi connectivity index (χ2v) is 5.81. The van der Waals surface area contributed by atoms with Crippen molar-refractivity contribution in [1.29, 1.82) is 0 Å². The van der Waals surface area contributed by atoms with Crippen LogP contribution in [0.2, 0.25) is 0 Å². The van der Waals surface area contributed by atoms with Gasteiger partial charge < -0.3 is 14.6 Å². The number of cyclic esters (lactones) is 1. The Balaban J connectivity index is 1.92. The number of carbonyl (C=O) groups excluding carboxylic acids is 2. The molecular formula is C13H13BO6S. The normalized spacial score (nSPS) is 22.4. The van der Waals surface area contributed by atoms with E-state index in [9.17, 15) is 14.4 Å². The molecule has 1 heterocycles. The van der Waals surface area contributed by atoms with Crippen molar-refractivity contribution < 1.29 is 29.0 Å². The van der Waals surface area contributed by atoms with Crippen LogP contribution in [0.4, 0.5) is 0 Å². The van der Waals surface area contributed by atoms with Crippen molar-refractivity contribution in [2.45, 2.75) is 23.1 Å². The summed E-state index contributed by atoms with van der Waals surface area (Å²) in [5.41, 5.74) is -0.282. The van der Waals surface area contributed by atoms with Crippen LogP contribution in [0, 0.1) is 0 Å². The van der Waals surface area contributed by atoms with Gasteiger partial charge in [-0.15, -0.1) is 0 Å². The van der Waals surface area contributed by atoms with E-state index in [1.807, 2.05) is 0 Å². The third-order valence-corrected chi connectivity index (χ3v) is 4.27. The maximum atomic E-state index is 11.9. The van der Waals surface area contributed by atoms with Crippen LogP contribution >= 0.6 is 11.8 Å². The summed E-state index contributed by atoms with van der Waals surface area (Å²) >= 11 is 1.06. The molecular weight excluding hydrogens is 295 g/mol. The van der Waals surface area contributed by atoms with E-state index in [4.69, 9.17) is 14.6 Å². The Morgan fingerprint density at radius 2 is 2.05 bits per heavy atom. The number of benzene rings is 1. The van der Waals surface area contributed by atoms with Crippen molar-refractivity contribution in [3.8, 4) is 0 Å². The number of carboxylic acid groups (broad SMARTS) is 1. The molecule has 6 nitrogen and oxygen atoms in total. The molecule has 1 unspecified atom stereocenters. The van der Waals surface area contributed by atoms with Crippen molar-refractivity contribution in [1.82, 2.24) is 0 Å². The quantitative estimate of drug-likeness (QED) is 0.616. The van der Waals surface area contributed by atoms with Crippen molar-refractivity contribution in [3.05, 3.63) is 35.9 Å². The van der Waals surface area contributed by atoms with E-state index in [2.05, 4.69) is 0 Å². The molecule has 2 rings (SSSR count). The van der Waals surface area contributed by atoms with Gasteiger partial charge in [-0.1, -0.05) is 30.0 Å². The Morgan fingerprint density at radius 1 is 1.38 bits per heavy atom. The lowest BCUT2D eigenvalue weighted by molar-refractivity contribution is -0.147. The van der Waals surface area contributed by atoms with Gasteiger partial charge in [-0.05, 0) is 12.1 Å². The van der Waals surface area contributed by atoms with Crippen molar-refractivity contribution in [3.63, 3.8) is 0 Å². The average molecular weight is 308 g/mol. The number of thioether (sulfide) groups is 1. The average Bonchev–Trinajstić information content (AvgIpc) is 2.80. The minimum atomic E-state index is -1.07. The van der Waals surface area contributed by atoms with Gasteiger partial charge in [0.2, 0.25) is 0 Å². The van der Waals surface area contributed by atoms with E-state index in [1.54, 1.807) is 38.2 Å². The minimum absolute atomic E-state index is 0.306. The van der Waals surface area contributed by atoms with Crippen LogP contribution in [0.3, 0.4) is 0 Å². The van der Waals surface area contributed by atoms with Gasteiger partial charge in [-0.2, -0.15) is 0 Å². The van der Waals surface area contributed by atoms with Crippen LogP contribution in [-0.2, 0) is 19.1 Å². The van der Waals surface area contributed by atoms with Gasteiger partial charge in [0.05, 0.1) is 12.0 Å². The van der Waals surface area contributed by atoms with E-state index in [-0.39, 0.29) is 6.42 Å². The zero-order chi connectivity index (χ0) is 15.4. The number of carbonyl (C=O) groups is 3. The molecule has 0 bridgehead atoms. The van der Waals surface area contributed by atoms with Crippen LogP contribution in [-0.4, -0.2) is 47.5 Å². The fourth-order valence-electron chi connectivity index (χ4n) is 1.80. The fourth-order valence-corrected chi connectivity index (χ4v) is 2.96. The van der Waals surface area contributed by atoms with Gasteiger partial charge in [0, 0.05) is 0 Å². The van der Waals surface area contributed by atoms with Crippen LogP contribution in [0.5, 0.6) is 0 Å². The van der Waals surface area contributed by atoms with Gasteiger partial charge in [0.25, 0.3) is 0 Å². The summed E-state index contributed by atoms with van der Waals surface area (Å²) in [7, 11) is 1.61. The van der Waals surface area contributed by atoms with E-state index < -0.39 is 34.6 Å². The largest absolute Gasteiger partial charge is 0.481 e. The highest BCUT2D eigenvalue weighted by atomic mass is 32.2. The van der Waals surface area contributed by atoms with E-state index >= 15 is 0 Å². The standard InChI is InChI=1S/C13H13BO6S/c14-10(19-11(17)7-4-2-1-3-5-7)13-20-12(18)8(21-13)6-9(15)16/h1-5,8,10,13H,6,14H2,(H,15,16)/t8-,10+,13?/m0/s1. The predicted octanol–water partition coefficient (Wildman–Crippen LogP) is 0.262. The molecule has 3 atom stereocenters. The zero-order valence-corrected chi connectivity index (χ0v) is 12.0. The molecule has 21 heavy (non-hydrogen) atoms. The Morgan fingerprint density at radius 3 is 2.67 bits per heavy atom. The van der Waals surface area contributed by atoms with Crippen LogP contribution in [0.25, 0.3) is 0 Å². The Bertz CT molecular complexity index is 549. The summed E-state index contributed by atoms with van der Waals surface area (Å²) in [6.07, 6.45) is -0.306. The highest BCUT2D eigenvalue weighted by Gasteiger charge is 2.40. The molecule has 1 aliphatic rings. The van der Waals surface area contributed by atoms with Gasteiger partial charge in [-0.3, -0.25) is 9.59 Å². The summed E-state index contributed by atoms with van der Waals surface area (Å²) in [5, 5.41) is 7.95. The SMILES string of the molecule is B[C@H](OC(=O)c1ccccc1)C1OC(=O)[C@H](CC(=O)O)S1. The summed E-state index contributed by atoms with van der Waals surface area (Å²) in [6.45, 7) is 0. The molecule has 0 amide bonds. The lowest BCUT2D eigenvalue weighted by Gasteiger charge is -2.18. The molecule has 1 fully saturated rings. The molecule has 8 heteroatoms. The van der Waals surface area contributed by atoms with Crippen molar-refractivity contribution in [2.75, 3.05) is 0 Å². The molecule has 0 radical (unpaired) electrons. The maximum absolute atomic E-state index is 11.9. The summed E-state index contributed by atoms with van der Waals surface area (Å²) < 4.78 is 10.3. The highest BCUT2D eigenvalue weighted by Crippen LogP contribution is 2.33. The Kier molecular flexibility index (Phi) is 4.90. The predicted molar refractivity (Wildman–Crippen MR) is 77.7 cm³/mol. The van der Waals surface area contributed by atoms with Crippen LogP contribution in [0.1, 0.15) is 16.8 Å². The first-order valence-electron chi connectivity index (χ1n) is 6.31. The smallest absolute Gasteiger partial charge is 0.337 e. The number of carboxylic acids is 1. The molecule has 0 aliphatic carbocycles. The number of ether oxygens (including phenoxy) is 2. The zero-order valence-electron chi connectivity index (χ0n) is 11.2. The van der Waals surface area contributed by atoms with Crippen molar-refractivity contribution in [2.24, 2.45) is 0 Å². The number of hydrogen-bond donors (Lipinski definition) is 1. The molecule has 1 aromatic carbocycles. The Hall–Kier alpha value is -1.96. The van der Waals surface area contributed by atoms with Crippen molar-refractivity contribution >= 4 is 37.5 Å². The summed E-state index contributed by atoms with van der Waals surface area (Å²) in [5.74, 6) is -2.17. The molecule has 0 aromatic heterocycles. The van der Waals surface area contributed by atoms with Gasteiger partial charge in [0.15, 0.2) is 13.3 Å². The first kappa shape index (κ1) is 15.4. The number of aliphatic carboxylic acids is 1. The van der Waals surface area contributed by atoms with Gasteiger partial charge in [0.1, 0.15) is 11.3 Å². The summed E-state index contributed by atoms with van der Waals surface area (Å²) in [6, 6.07) is 7.80. The fraction of sp³-hybridized carbons (Fsp3) is 0.308. The van der Waals surface area contributed by atoms with Gasteiger partial charge >= 0.3 is 17.9 Å². The molecule has 110 valence electrons. The molecule has 0 saturated carbocycles. The first-order chi connectivity index (χ1) is 9.97. The first-order valence-corrected chi connectivity index (χ1v) is 7.25. The monoisotopic (exact) mass is 308 g/mol. The van der Waals surface area contributed by atoms with Crippen LogP contribution in [0.15, 0.2) is 30.3 Å². The van der Waals surface area contributed by atoms with Gasteiger partial charge in [-0.25, -0.2) is 4.79 Å². The third-order valence-electron chi connectivity index (χ3n) is 2.84. The molecule has 1 aromatic rings. The minimum Gasteiger partial charge on any atom is -0.481 e. The second kappa shape index (κ2) is 6.67. The molecule has 1 saturated heterocycles. The maximum Gasteiger partial charge on any atom is 0.337 e. The molecule has 1 aliphatic heterocycles. The number of rotatable bonds is 5. The number of hydrogen-bond acceptors (Lipinski definition) is 6. The topological polar surface area (TPSA) is 89.9 Å². The van der Waals surface area contributed by atoms with E-state index in [1.165, 1.54) is 0 Å².